The average Bonchev–Trinajstić information content (AvgIpc) is 2.69. The first-order valence-electron chi connectivity index (χ1n) is 6.74. The third-order valence-corrected chi connectivity index (χ3v) is 5.94. The van der Waals surface area contributed by atoms with E-state index < -0.39 is 10.0 Å². The van der Waals surface area contributed by atoms with Crippen molar-refractivity contribution < 1.29 is 8.42 Å². The van der Waals surface area contributed by atoms with Gasteiger partial charge in [0.1, 0.15) is 4.90 Å². The molecule has 1 fully saturated rings. The van der Waals surface area contributed by atoms with Gasteiger partial charge in [0.15, 0.2) is 0 Å². The van der Waals surface area contributed by atoms with E-state index in [4.69, 9.17) is 5.73 Å². The van der Waals surface area contributed by atoms with E-state index >= 15 is 0 Å². The number of rotatable bonds is 6. The zero-order valence-electron chi connectivity index (χ0n) is 11.5. The molecule has 0 spiro atoms. The lowest BCUT2D eigenvalue weighted by Gasteiger charge is -2.31. The molecule has 1 saturated carbocycles. The minimum atomic E-state index is -3.49. The van der Waals surface area contributed by atoms with Gasteiger partial charge in [0, 0.05) is 19.6 Å². The van der Waals surface area contributed by atoms with E-state index in [1.54, 1.807) is 11.2 Å². The van der Waals surface area contributed by atoms with Gasteiger partial charge in [-0.25, -0.2) is 8.42 Å². The zero-order valence-corrected chi connectivity index (χ0v) is 12.3. The molecule has 0 unspecified atom stereocenters. The van der Waals surface area contributed by atoms with Crippen LogP contribution in [0.25, 0.3) is 0 Å². The van der Waals surface area contributed by atoms with Crippen molar-refractivity contribution in [2.24, 2.45) is 11.7 Å². The number of aromatic nitrogens is 2. The molecule has 3 N–H and O–H groups in total. The minimum absolute atomic E-state index is 0.125. The Labute approximate surface area is 114 Å². The molecule has 6 nitrogen and oxygen atoms in total. The third kappa shape index (κ3) is 2.68. The second-order valence-corrected chi connectivity index (χ2v) is 6.96. The van der Waals surface area contributed by atoms with E-state index in [1.165, 1.54) is 6.42 Å². The summed E-state index contributed by atoms with van der Waals surface area (Å²) in [6.45, 7) is 4.80. The molecule has 0 amide bonds. The summed E-state index contributed by atoms with van der Waals surface area (Å²) < 4.78 is 27.0. The first-order chi connectivity index (χ1) is 9.00. The molecule has 1 aromatic heterocycles. The Balaban J connectivity index is 2.30. The number of aryl methyl sites for hydroxylation is 1. The molecule has 2 rings (SSSR count). The molecule has 0 aliphatic heterocycles. The Morgan fingerprint density at radius 2 is 2.16 bits per heavy atom. The molecule has 108 valence electrons. The number of nitrogens with two attached hydrogens (primary N) is 1. The molecule has 0 saturated heterocycles. The topological polar surface area (TPSA) is 92.1 Å². The van der Waals surface area contributed by atoms with Gasteiger partial charge in [-0.15, -0.1) is 0 Å². The van der Waals surface area contributed by atoms with Gasteiger partial charge in [0.05, 0.1) is 11.4 Å². The normalized spacial score (nSPS) is 16.8. The van der Waals surface area contributed by atoms with Gasteiger partial charge in [-0.1, -0.05) is 13.3 Å². The molecule has 1 heterocycles. The molecule has 7 heteroatoms. The fraction of sp³-hybridized carbons (Fsp3) is 0.750. The number of aromatic amines is 1. The summed E-state index contributed by atoms with van der Waals surface area (Å²) in [6.07, 6.45) is 3.46. The van der Waals surface area contributed by atoms with E-state index in [9.17, 15) is 8.42 Å². The summed E-state index contributed by atoms with van der Waals surface area (Å²) in [4.78, 5) is 0.260. The summed E-state index contributed by atoms with van der Waals surface area (Å²) in [5.74, 6) is 0.503. The molecule has 0 bridgehead atoms. The molecule has 0 atom stereocenters. The molecular formula is C12H22N4O2S. The lowest BCUT2D eigenvalue weighted by atomic mass is 9.85. The minimum Gasteiger partial charge on any atom is -0.325 e. The second-order valence-electron chi connectivity index (χ2n) is 5.08. The van der Waals surface area contributed by atoms with Crippen LogP contribution in [0.3, 0.4) is 0 Å². The monoisotopic (exact) mass is 286 g/mol. The molecule has 19 heavy (non-hydrogen) atoms. The van der Waals surface area contributed by atoms with Crippen molar-refractivity contribution in [3.63, 3.8) is 0 Å². The van der Waals surface area contributed by atoms with E-state index in [0.29, 0.717) is 30.4 Å². The quantitative estimate of drug-likeness (QED) is 0.815. The zero-order chi connectivity index (χ0) is 14.0. The van der Waals surface area contributed by atoms with Crippen LogP contribution < -0.4 is 5.73 Å². The predicted octanol–water partition coefficient (Wildman–Crippen LogP) is 0.988. The van der Waals surface area contributed by atoms with Crippen LogP contribution in [-0.2, 0) is 16.6 Å². The maximum Gasteiger partial charge on any atom is 0.246 e. The molecular weight excluding hydrogens is 264 g/mol. The fourth-order valence-electron chi connectivity index (χ4n) is 2.44. The van der Waals surface area contributed by atoms with Crippen LogP contribution in [-0.4, -0.2) is 36.0 Å². The van der Waals surface area contributed by atoms with Crippen LogP contribution in [0.5, 0.6) is 0 Å². The van der Waals surface area contributed by atoms with Crippen molar-refractivity contribution in [3.05, 3.63) is 11.4 Å². The maximum absolute atomic E-state index is 12.7. The van der Waals surface area contributed by atoms with Crippen LogP contribution >= 0.6 is 0 Å². The van der Waals surface area contributed by atoms with E-state index in [-0.39, 0.29) is 11.4 Å². The maximum atomic E-state index is 12.7. The fourth-order valence-corrected chi connectivity index (χ4v) is 4.30. The number of hydrogen-bond acceptors (Lipinski definition) is 4. The van der Waals surface area contributed by atoms with Crippen LogP contribution in [0.1, 0.15) is 37.6 Å². The summed E-state index contributed by atoms with van der Waals surface area (Å²) >= 11 is 0. The highest BCUT2D eigenvalue weighted by atomic mass is 32.2. The van der Waals surface area contributed by atoms with Gasteiger partial charge in [-0.2, -0.15) is 9.40 Å². The molecule has 1 aliphatic rings. The highest BCUT2D eigenvalue weighted by molar-refractivity contribution is 7.89. The van der Waals surface area contributed by atoms with E-state index in [1.807, 2.05) is 6.92 Å². The number of hydrogen-bond donors (Lipinski definition) is 2. The SMILES string of the molecule is CCN(CC1CCC1)S(=O)(=O)c1c(CN)n[nH]c1C. The highest BCUT2D eigenvalue weighted by Crippen LogP contribution is 2.30. The Kier molecular flexibility index (Phi) is 4.27. The Morgan fingerprint density at radius 1 is 1.47 bits per heavy atom. The Hall–Kier alpha value is -0.920. The Bertz CT molecular complexity index is 534. The van der Waals surface area contributed by atoms with Gasteiger partial charge in [0.2, 0.25) is 10.0 Å². The van der Waals surface area contributed by atoms with Crippen molar-refractivity contribution in [2.75, 3.05) is 13.1 Å². The third-order valence-electron chi connectivity index (χ3n) is 3.79. The lowest BCUT2D eigenvalue weighted by Crippen LogP contribution is -2.37. The summed E-state index contributed by atoms with van der Waals surface area (Å²) in [6, 6.07) is 0. The van der Waals surface area contributed by atoms with E-state index in [2.05, 4.69) is 10.2 Å². The van der Waals surface area contributed by atoms with Crippen molar-refractivity contribution >= 4 is 10.0 Å². The van der Waals surface area contributed by atoms with Crippen molar-refractivity contribution in [1.82, 2.24) is 14.5 Å². The van der Waals surface area contributed by atoms with Crippen LogP contribution in [0.2, 0.25) is 0 Å². The number of H-pyrrole nitrogens is 1. The largest absolute Gasteiger partial charge is 0.325 e. The molecule has 0 aromatic carbocycles. The van der Waals surface area contributed by atoms with Gasteiger partial charge in [-0.05, 0) is 25.7 Å². The standard InChI is InChI=1S/C12H22N4O2S/c1-3-16(8-10-5-4-6-10)19(17,18)12-9(2)14-15-11(12)7-13/h10H,3-8,13H2,1-2H3,(H,14,15). The van der Waals surface area contributed by atoms with Crippen molar-refractivity contribution in [3.8, 4) is 0 Å². The first-order valence-corrected chi connectivity index (χ1v) is 8.18. The summed E-state index contributed by atoms with van der Waals surface area (Å²) in [7, 11) is -3.49. The molecule has 1 aliphatic carbocycles. The predicted molar refractivity (Wildman–Crippen MR) is 73.0 cm³/mol. The number of sulfonamides is 1. The molecule has 1 aromatic rings. The first kappa shape index (κ1) is 14.5. The van der Waals surface area contributed by atoms with Crippen LogP contribution in [0.15, 0.2) is 4.90 Å². The van der Waals surface area contributed by atoms with E-state index in [0.717, 1.165) is 12.8 Å². The van der Waals surface area contributed by atoms with Crippen LogP contribution in [0.4, 0.5) is 0 Å². The number of nitrogens with zero attached hydrogens (tertiary/aromatic N) is 2. The van der Waals surface area contributed by atoms with Gasteiger partial charge in [0.25, 0.3) is 0 Å². The van der Waals surface area contributed by atoms with Crippen LogP contribution in [0, 0.1) is 12.8 Å². The average molecular weight is 286 g/mol. The van der Waals surface area contributed by atoms with Crippen molar-refractivity contribution in [2.45, 2.75) is 44.6 Å². The van der Waals surface area contributed by atoms with Gasteiger partial charge < -0.3 is 5.73 Å². The molecule has 0 radical (unpaired) electrons. The van der Waals surface area contributed by atoms with Gasteiger partial charge in [-0.3, -0.25) is 5.10 Å². The highest BCUT2D eigenvalue weighted by Gasteiger charge is 2.32. The Morgan fingerprint density at radius 3 is 2.63 bits per heavy atom. The van der Waals surface area contributed by atoms with Crippen molar-refractivity contribution in [1.29, 1.82) is 0 Å². The number of nitrogens with one attached hydrogen (secondary N) is 1. The second kappa shape index (κ2) is 5.60. The summed E-state index contributed by atoms with van der Waals surface area (Å²) in [5.41, 5.74) is 6.56. The lowest BCUT2D eigenvalue weighted by molar-refractivity contribution is 0.250. The summed E-state index contributed by atoms with van der Waals surface area (Å²) in [5, 5.41) is 6.69. The smallest absolute Gasteiger partial charge is 0.246 e. The van der Waals surface area contributed by atoms with Gasteiger partial charge >= 0.3 is 0 Å².